The second kappa shape index (κ2) is 5.60. The van der Waals surface area contributed by atoms with Gasteiger partial charge >= 0.3 is 63.3 Å². The van der Waals surface area contributed by atoms with E-state index < -0.39 is 22.8 Å². The molecule has 0 amide bonds. The maximum Gasteiger partial charge on any atom is 1.00 e. The summed E-state index contributed by atoms with van der Waals surface area (Å²) >= 11 is 0. The Morgan fingerprint density at radius 1 is 1.14 bits per heavy atom. The Morgan fingerprint density at radius 3 is 1.43 bits per heavy atom. The fourth-order valence-electron chi connectivity index (χ4n) is 1.57. The molecule has 0 aliphatic rings. The average Bonchev–Trinajstić information content (AvgIpc) is 1.83. The summed E-state index contributed by atoms with van der Waals surface area (Å²) in [6, 6.07) is 0. The van der Waals surface area contributed by atoms with Crippen molar-refractivity contribution in [1.29, 1.82) is 0 Å². The van der Waals surface area contributed by atoms with E-state index in [0.717, 1.165) is 0 Å². The van der Waals surface area contributed by atoms with Gasteiger partial charge in [-0.2, -0.15) is 0 Å². The largest absolute Gasteiger partial charge is 1.00 e. The molecule has 0 aromatic carbocycles. The molecule has 0 radical (unpaired) electrons. The van der Waals surface area contributed by atoms with E-state index in [4.69, 9.17) is 10.2 Å². The molecule has 78 valence electrons. The molecule has 0 rings (SSSR count). The normalized spacial score (nSPS) is 11.7. The van der Waals surface area contributed by atoms with Gasteiger partial charge in [0.15, 0.2) is 5.41 Å². The smallest absolute Gasteiger partial charge is 1.00 e. The molecule has 0 atom stereocenters. The van der Waals surface area contributed by atoms with Crippen LogP contribution >= 0.6 is 0 Å². The van der Waals surface area contributed by atoms with Crippen molar-refractivity contribution in [3.8, 4) is 0 Å². The van der Waals surface area contributed by atoms with Gasteiger partial charge in [-0.1, -0.05) is 27.7 Å². The third kappa shape index (κ3) is 2.79. The summed E-state index contributed by atoms with van der Waals surface area (Å²) < 4.78 is 0. The van der Waals surface area contributed by atoms with Gasteiger partial charge in [0.2, 0.25) is 0 Å². The summed E-state index contributed by atoms with van der Waals surface area (Å²) in [5, 5.41) is 17.9. The first-order valence-electron chi connectivity index (χ1n) is 4.17. The number of rotatable bonds is 3. The fourth-order valence-corrected chi connectivity index (χ4v) is 1.57. The Bertz CT molecular complexity index is 221. The second-order valence-electron chi connectivity index (χ2n) is 4.12. The van der Waals surface area contributed by atoms with E-state index in [1.54, 1.807) is 27.7 Å². The van der Waals surface area contributed by atoms with Gasteiger partial charge in [0.1, 0.15) is 0 Å². The molecule has 0 aliphatic heterocycles. The molecule has 0 fully saturated rings. The molecule has 0 aliphatic carbocycles. The number of aliphatic carboxylic acids is 2. The van der Waals surface area contributed by atoms with Crippen LogP contribution in [-0.2, 0) is 9.59 Å². The molecule has 5 heteroatoms. The number of carbonyl (C=O) groups is 2. The minimum Gasteiger partial charge on any atom is -1.00 e. The first kappa shape index (κ1) is 17.0. The van der Waals surface area contributed by atoms with E-state index in [2.05, 4.69) is 0 Å². The Kier molecular flexibility index (Phi) is 6.80. The van der Waals surface area contributed by atoms with Crippen LogP contribution in [0.15, 0.2) is 0 Å². The maximum atomic E-state index is 11.0. The molecule has 2 N–H and O–H groups in total. The van der Waals surface area contributed by atoms with E-state index in [9.17, 15) is 9.59 Å². The van der Waals surface area contributed by atoms with Crippen molar-refractivity contribution in [2.24, 2.45) is 10.8 Å². The molecule has 0 aromatic heterocycles. The standard InChI is InChI=1S/C9H16O4.K.H/c1-5-9(6(10)11,7(12)13)8(2,3)4;;/h5H2,1-4H3,(H,10,11)(H,12,13);;/q;+1;-1. The molecule has 4 nitrogen and oxygen atoms in total. The topological polar surface area (TPSA) is 74.6 Å². The first-order valence-corrected chi connectivity index (χ1v) is 4.17. The molecule has 0 aromatic rings. The minimum atomic E-state index is -1.69. The molecule has 14 heavy (non-hydrogen) atoms. The van der Waals surface area contributed by atoms with Crippen molar-refractivity contribution in [3.05, 3.63) is 0 Å². The summed E-state index contributed by atoms with van der Waals surface area (Å²) in [6.45, 7) is 6.45. The number of hydrogen-bond donors (Lipinski definition) is 2. The number of carboxylic acid groups (broad SMARTS) is 2. The average molecular weight is 228 g/mol. The SMILES string of the molecule is CCC(C(=O)O)(C(=O)O)C(C)(C)C.[H-].[K+]. The zero-order valence-electron chi connectivity index (χ0n) is 10.4. The maximum absolute atomic E-state index is 11.0. The van der Waals surface area contributed by atoms with Crippen LogP contribution in [0, 0.1) is 10.8 Å². The summed E-state index contributed by atoms with van der Waals surface area (Å²) in [4.78, 5) is 21.9. The first-order chi connectivity index (χ1) is 5.70. The zero-order valence-corrected chi connectivity index (χ0v) is 12.5. The van der Waals surface area contributed by atoms with E-state index in [1.165, 1.54) is 0 Å². The van der Waals surface area contributed by atoms with E-state index >= 15 is 0 Å². The van der Waals surface area contributed by atoms with Crippen LogP contribution in [0.4, 0.5) is 0 Å². The summed E-state index contributed by atoms with van der Waals surface area (Å²) in [6.07, 6.45) is 0.0845. The van der Waals surface area contributed by atoms with E-state index in [1.807, 2.05) is 0 Å². The Hall–Kier alpha value is 0.576. The van der Waals surface area contributed by atoms with Gasteiger partial charge in [-0.05, 0) is 11.8 Å². The predicted molar refractivity (Wildman–Crippen MR) is 48.6 cm³/mol. The van der Waals surface area contributed by atoms with Gasteiger partial charge in [0.25, 0.3) is 0 Å². The van der Waals surface area contributed by atoms with Crippen LogP contribution < -0.4 is 51.4 Å². The van der Waals surface area contributed by atoms with Crippen LogP contribution in [0.1, 0.15) is 35.5 Å². The van der Waals surface area contributed by atoms with Crippen molar-refractivity contribution in [2.45, 2.75) is 34.1 Å². The van der Waals surface area contributed by atoms with Gasteiger partial charge in [0.05, 0.1) is 0 Å². The quantitative estimate of drug-likeness (QED) is 0.466. The van der Waals surface area contributed by atoms with E-state index in [-0.39, 0.29) is 59.2 Å². The van der Waals surface area contributed by atoms with Crippen LogP contribution in [0.25, 0.3) is 0 Å². The summed E-state index contributed by atoms with van der Waals surface area (Å²) in [7, 11) is 0. The van der Waals surface area contributed by atoms with Crippen molar-refractivity contribution in [1.82, 2.24) is 0 Å². The number of carboxylic acids is 2. The predicted octanol–water partition coefficient (Wildman–Crippen LogP) is -1.29. The third-order valence-electron chi connectivity index (χ3n) is 2.54. The van der Waals surface area contributed by atoms with E-state index in [0.29, 0.717) is 0 Å². The van der Waals surface area contributed by atoms with Crippen LogP contribution in [0.5, 0.6) is 0 Å². The molecule has 0 unspecified atom stereocenters. The zero-order chi connectivity index (χ0) is 10.9. The Balaban J connectivity index is -0.000000720. The minimum absolute atomic E-state index is 0. The molecular formula is C9H17KO4. The van der Waals surface area contributed by atoms with Crippen molar-refractivity contribution in [3.63, 3.8) is 0 Å². The fraction of sp³-hybridized carbons (Fsp3) is 0.778. The molecule has 0 heterocycles. The van der Waals surface area contributed by atoms with Crippen LogP contribution in [-0.4, -0.2) is 22.2 Å². The molecule has 0 spiro atoms. The third-order valence-corrected chi connectivity index (χ3v) is 2.54. The molecule has 0 saturated heterocycles. The molecule has 0 bridgehead atoms. The Morgan fingerprint density at radius 2 is 1.43 bits per heavy atom. The summed E-state index contributed by atoms with van der Waals surface area (Å²) in [5.41, 5.74) is -2.48. The Labute approximate surface area is 128 Å². The van der Waals surface area contributed by atoms with Gasteiger partial charge in [-0.25, -0.2) is 0 Å². The van der Waals surface area contributed by atoms with Crippen molar-refractivity contribution in [2.75, 3.05) is 0 Å². The summed E-state index contributed by atoms with van der Waals surface area (Å²) in [5.74, 6) is -2.54. The molecule has 0 saturated carbocycles. The van der Waals surface area contributed by atoms with Gasteiger partial charge in [0, 0.05) is 0 Å². The monoisotopic (exact) mass is 228 g/mol. The van der Waals surface area contributed by atoms with Gasteiger partial charge in [-0.3, -0.25) is 9.59 Å². The van der Waals surface area contributed by atoms with Crippen molar-refractivity contribution >= 4 is 11.9 Å². The van der Waals surface area contributed by atoms with Crippen LogP contribution in [0.3, 0.4) is 0 Å². The van der Waals surface area contributed by atoms with Gasteiger partial charge in [-0.15, -0.1) is 0 Å². The second-order valence-corrected chi connectivity index (χ2v) is 4.12. The van der Waals surface area contributed by atoms with Crippen molar-refractivity contribution < 1.29 is 72.6 Å². The molecular weight excluding hydrogens is 211 g/mol. The van der Waals surface area contributed by atoms with Crippen LogP contribution in [0.2, 0.25) is 0 Å². The number of hydrogen-bond acceptors (Lipinski definition) is 2. The van der Waals surface area contributed by atoms with Gasteiger partial charge < -0.3 is 11.6 Å².